The summed E-state index contributed by atoms with van der Waals surface area (Å²) in [6.07, 6.45) is -0.795. The van der Waals surface area contributed by atoms with E-state index >= 15 is 0 Å². The van der Waals surface area contributed by atoms with Crippen LogP contribution in [-0.2, 0) is 14.3 Å². The Balaban J connectivity index is 2.45. The van der Waals surface area contributed by atoms with Crippen molar-refractivity contribution in [2.24, 2.45) is 0 Å². The molecule has 0 spiro atoms. The molecule has 6 nitrogen and oxygen atoms in total. The number of hydrogen-bond acceptors (Lipinski definition) is 4. The summed E-state index contributed by atoms with van der Waals surface area (Å²) in [6, 6.07) is -0.709. The van der Waals surface area contributed by atoms with Crippen LogP contribution in [0, 0.1) is 0 Å². The van der Waals surface area contributed by atoms with Crippen molar-refractivity contribution in [1.29, 1.82) is 0 Å². The van der Waals surface area contributed by atoms with Gasteiger partial charge in [-0.1, -0.05) is 0 Å². The van der Waals surface area contributed by atoms with Crippen molar-refractivity contribution in [3.63, 3.8) is 0 Å². The van der Waals surface area contributed by atoms with Gasteiger partial charge in [0.25, 0.3) is 0 Å². The molecule has 0 bridgehead atoms. The second kappa shape index (κ2) is 4.80. The number of carbonyl (C=O) groups excluding carboxylic acids is 1. The van der Waals surface area contributed by atoms with Gasteiger partial charge in [0, 0.05) is 19.6 Å². The first kappa shape index (κ1) is 10.8. The smallest absolute Gasteiger partial charge is 0.410 e. The zero-order chi connectivity index (χ0) is 10.6. The number of nitrogens with zero attached hydrogens (tertiary/aromatic N) is 1. The summed E-state index contributed by atoms with van der Waals surface area (Å²) in [4.78, 5) is 22.7. The van der Waals surface area contributed by atoms with E-state index in [0.717, 1.165) is 4.90 Å². The number of rotatable bonds is 4. The molecule has 0 aliphatic carbocycles. The third-order valence-corrected chi connectivity index (χ3v) is 1.98. The normalized spacial score (nSPS) is 21.1. The Labute approximate surface area is 81.4 Å². The maximum Gasteiger partial charge on any atom is 0.410 e. The van der Waals surface area contributed by atoms with Crippen LogP contribution >= 0.6 is 0 Å². The van der Waals surface area contributed by atoms with Crippen LogP contribution in [0.1, 0.15) is 13.3 Å². The molecule has 0 unspecified atom stereocenters. The number of esters is 1. The predicted octanol–water partition coefficient (Wildman–Crippen LogP) is 0.276. The number of carboxylic acid groups (broad SMARTS) is 1. The van der Waals surface area contributed by atoms with Crippen LogP contribution in [0.2, 0.25) is 0 Å². The van der Waals surface area contributed by atoms with Crippen molar-refractivity contribution in [3.8, 4) is 0 Å². The monoisotopic (exact) mass is 203 g/mol. The zero-order valence-corrected chi connectivity index (χ0v) is 7.93. The van der Waals surface area contributed by atoms with Crippen molar-refractivity contribution >= 4 is 12.1 Å². The summed E-state index contributed by atoms with van der Waals surface area (Å²) in [5.41, 5.74) is 0. The van der Waals surface area contributed by atoms with E-state index in [4.69, 9.17) is 9.84 Å². The van der Waals surface area contributed by atoms with Crippen LogP contribution < -0.4 is 0 Å². The van der Waals surface area contributed by atoms with Crippen LogP contribution in [0.5, 0.6) is 0 Å². The Morgan fingerprint density at radius 3 is 3.07 bits per heavy atom. The van der Waals surface area contributed by atoms with E-state index < -0.39 is 18.1 Å². The molecule has 1 amide bonds. The van der Waals surface area contributed by atoms with Gasteiger partial charge in [-0.15, -0.1) is 0 Å². The van der Waals surface area contributed by atoms with Crippen molar-refractivity contribution in [2.75, 3.05) is 19.9 Å². The van der Waals surface area contributed by atoms with Gasteiger partial charge in [0.15, 0.2) is 6.73 Å². The second-order valence-corrected chi connectivity index (χ2v) is 2.85. The molecule has 0 aromatic rings. The quantitative estimate of drug-likeness (QED) is 0.524. The summed E-state index contributed by atoms with van der Waals surface area (Å²) in [5.74, 6) is -0.493. The lowest BCUT2D eigenvalue weighted by molar-refractivity contribution is -0.139. The minimum atomic E-state index is -1.14. The molecule has 1 rings (SSSR count). The van der Waals surface area contributed by atoms with Gasteiger partial charge in [-0.25, -0.2) is 9.59 Å². The van der Waals surface area contributed by atoms with Gasteiger partial charge in [0.05, 0.1) is 0 Å². The highest BCUT2D eigenvalue weighted by atomic mass is 16.6. The van der Waals surface area contributed by atoms with Gasteiger partial charge in [0.1, 0.15) is 6.04 Å². The van der Waals surface area contributed by atoms with E-state index in [1.165, 1.54) is 0 Å². The molecular weight excluding hydrogens is 190 g/mol. The minimum absolute atomic E-state index is 0.176. The molecule has 0 aromatic heterocycles. The fourth-order valence-electron chi connectivity index (χ4n) is 1.25. The molecule has 1 N–H and O–H groups in total. The molecule has 1 atom stereocenters. The van der Waals surface area contributed by atoms with E-state index in [9.17, 15) is 9.59 Å². The minimum Gasteiger partial charge on any atom is -0.465 e. The molecule has 1 heterocycles. The Kier molecular flexibility index (Phi) is 3.70. The molecular formula is C8H13NO5. The Bertz CT molecular complexity index is 230. The van der Waals surface area contributed by atoms with E-state index in [1.54, 1.807) is 0 Å². The highest BCUT2D eigenvalue weighted by molar-refractivity contribution is 5.83. The third-order valence-electron chi connectivity index (χ3n) is 1.98. The molecule has 0 aromatic carbocycles. The van der Waals surface area contributed by atoms with E-state index in [-0.39, 0.29) is 6.73 Å². The first-order valence-electron chi connectivity index (χ1n) is 4.40. The van der Waals surface area contributed by atoms with Crippen LogP contribution in [0.25, 0.3) is 0 Å². The molecule has 1 aliphatic rings. The average molecular weight is 203 g/mol. The van der Waals surface area contributed by atoms with E-state index in [1.807, 2.05) is 6.92 Å². The van der Waals surface area contributed by atoms with Gasteiger partial charge < -0.3 is 14.6 Å². The summed E-state index contributed by atoms with van der Waals surface area (Å²) >= 11 is 0. The maximum absolute atomic E-state index is 11.1. The molecule has 0 radical (unpaired) electrons. The fourth-order valence-corrected chi connectivity index (χ4v) is 1.25. The number of hydrogen-bond donors (Lipinski definition) is 1. The lowest BCUT2D eigenvalue weighted by Gasteiger charge is -2.15. The van der Waals surface area contributed by atoms with Crippen LogP contribution in [0.15, 0.2) is 0 Å². The van der Waals surface area contributed by atoms with Crippen molar-refractivity contribution < 1.29 is 24.2 Å². The van der Waals surface area contributed by atoms with Crippen LogP contribution in [0.3, 0.4) is 0 Å². The first-order chi connectivity index (χ1) is 6.66. The summed E-state index contributed by atoms with van der Waals surface area (Å²) in [5, 5.41) is 8.71. The van der Waals surface area contributed by atoms with Gasteiger partial charge in [-0.2, -0.15) is 0 Å². The zero-order valence-electron chi connectivity index (χ0n) is 7.93. The first-order valence-corrected chi connectivity index (χ1v) is 4.40. The summed E-state index contributed by atoms with van der Waals surface area (Å²) in [7, 11) is 0. The Morgan fingerprint density at radius 2 is 2.50 bits per heavy atom. The highest BCUT2D eigenvalue weighted by Crippen LogP contribution is 2.14. The largest absolute Gasteiger partial charge is 0.465 e. The van der Waals surface area contributed by atoms with Crippen LogP contribution in [-0.4, -0.2) is 48.1 Å². The molecule has 0 saturated carbocycles. The number of ether oxygens (including phenoxy) is 2. The topological polar surface area (TPSA) is 76.1 Å². The highest BCUT2D eigenvalue weighted by Gasteiger charge is 2.37. The predicted molar refractivity (Wildman–Crippen MR) is 45.7 cm³/mol. The summed E-state index contributed by atoms with van der Waals surface area (Å²) in [6.45, 7) is 2.57. The average Bonchev–Trinajstić information content (AvgIpc) is 2.48. The van der Waals surface area contributed by atoms with Crippen LogP contribution in [0.4, 0.5) is 4.79 Å². The second-order valence-electron chi connectivity index (χ2n) is 2.85. The van der Waals surface area contributed by atoms with E-state index in [2.05, 4.69) is 4.74 Å². The van der Waals surface area contributed by atoms with Gasteiger partial charge >= 0.3 is 12.1 Å². The molecule has 1 fully saturated rings. The molecule has 80 valence electrons. The van der Waals surface area contributed by atoms with E-state index in [0.29, 0.717) is 19.6 Å². The lowest BCUT2D eigenvalue weighted by atomic mass is 10.2. The Hall–Kier alpha value is -1.30. The van der Waals surface area contributed by atoms with Crippen molar-refractivity contribution in [3.05, 3.63) is 0 Å². The van der Waals surface area contributed by atoms with Gasteiger partial charge in [-0.3, -0.25) is 4.90 Å². The molecule has 1 saturated heterocycles. The molecule has 6 heteroatoms. The number of carbonyl (C=O) groups is 2. The third kappa shape index (κ3) is 2.35. The molecule has 1 aliphatic heterocycles. The summed E-state index contributed by atoms with van der Waals surface area (Å²) < 4.78 is 9.67. The van der Waals surface area contributed by atoms with Crippen molar-refractivity contribution in [1.82, 2.24) is 4.90 Å². The Morgan fingerprint density at radius 1 is 1.79 bits per heavy atom. The van der Waals surface area contributed by atoms with Gasteiger partial charge in [-0.05, 0) is 6.92 Å². The standard InChI is InChI=1S/C8H13NO5/c1-2-13-4-3-6-7(10)14-5-9(6)8(11)12/h6H,2-5H2,1H3,(H,11,12)/t6-/m0/s1. The van der Waals surface area contributed by atoms with Crippen molar-refractivity contribution in [2.45, 2.75) is 19.4 Å². The lowest BCUT2D eigenvalue weighted by Crippen LogP contribution is -2.37. The fraction of sp³-hybridized carbons (Fsp3) is 0.750. The number of amides is 1. The molecule has 14 heavy (non-hydrogen) atoms. The van der Waals surface area contributed by atoms with Gasteiger partial charge in [0.2, 0.25) is 0 Å². The SMILES string of the molecule is CCOCC[C@H]1C(=O)OCN1C(=O)O. The maximum atomic E-state index is 11.1. The number of cyclic esters (lactones) is 1.